The molecule has 3 rings (SSSR count). The molecule has 1 N–H and O–H groups in total. The first-order valence-electron chi connectivity index (χ1n) is 6.44. The van der Waals surface area contributed by atoms with E-state index in [0.717, 1.165) is 29.4 Å². The molecule has 3 aromatic heterocycles. The van der Waals surface area contributed by atoms with E-state index in [1.165, 1.54) is 5.69 Å². The first-order chi connectivity index (χ1) is 9.78. The van der Waals surface area contributed by atoms with Crippen molar-refractivity contribution in [2.75, 3.05) is 19.0 Å². The van der Waals surface area contributed by atoms with Crippen molar-refractivity contribution >= 4 is 22.0 Å². The highest BCUT2D eigenvalue weighted by Crippen LogP contribution is 2.18. The van der Waals surface area contributed by atoms with Crippen LogP contribution in [0.2, 0.25) is 0 Å². The van der Waals surface area contributed by atoms with Crippen LogP contribution < -0.4 is 5.32 Å². The van der Waals surface area contributed by atoms with Gasteiger partial charge < -0.3 is 10.1 Å². The molecule has 0 aliphatic carbocycles. The first kappa shape index (κ1) is 13.1. The number of methoxy groups -OCH3 is 1. The van der Waals surface area contributed by atoms with E-state index in [-0.39, 0.29) is 0 Å². The fourth-order valence-corrected chi connectivity index (χ4v) is 2.88. The van der Waals surface area contributed by atoms with Gasteiger partial charge in [0, 0.05) is 24.9 Å². The Morgan fingerprint density at radius 3 is 3.20 bits per heavy atom. The summed E-state index contributed by atoms with van der Waals surface area (Å²) in [6.07, 6.45) is 5.87. The summed E-state index contributed by atoms with van der Waals surface area (Å²) in [6.45, 7) is 4.20. The van der Waals surface area contributed by atoms with Crippen LogP contribution in [-0.4, -0.2) is 32.9 Å². The average molecular weight is 291 g/mol. The third-order valence-corrected chi connectivity index (χ3v) is 3.94. The van der Waals surface area contributed by atoms with E-state index in [4.69, 9.17) is 4.74 Å². The molecule has 20 heavy (non-hydrogen) atoms. The molecule has 0 aliphatic heterocycles. The van der Waals surface area contributed by atoms with E-state index in [2.05, 4.69) is 26.0 Å². The number of nitrogens with one attached hydrogen (secondary N) is 1. The van der Waals surface area contributed by atoms with Crippen LogP contribution in [0.25, 0.3) is 4.96 Å². The van der Waals surface area contributed by atoms with E-state index in [1.807, 2.05) is 29.4 Å². The van der Waals surface area contributed by atoms with Crippen molar-refractivity contribution < 1.29 is 4.74 Å². The highest BCUT2D eigenvalue weighted by molar-refractivity contribution is 7.15. The summed E-state index contributed by atoms with van der Waals surface area (Å²) in [6, 6.07) is 0. The number of anilines is 1. The molecule has 0 amide bonds. The summed E-state index contributed by atoms with van der Waals surface area (Å²) in [5, 5.41) is 9.72. The van der Waals surface area contributed by atoms with E-state index in [1.54, 1.807) is 18.4 Å². The number of hydrogen-bond acceptors (Lipinski definition) is 5. The van der Waals surface area contributed by atoms with Crippen LogP contribution in [0.1, 0.15) is 11.4 Å². The average Bonchev–Trinajstić information content (AvgIpc) is 3.11. The van der Waals surface area contributed by atoms with Crippen molar-refractivity contribution in [1.29, 1.82) is 0 Å². The lowest BCUT2D eigenvalue weighted by Gasteiger charge is -2.04. The number of thiazole rings is 1. The van der Waals surface area contributed by atoms with Gasteiger partial charge in [-0.25, -0.2) is 4.98 Å². The molecule has 3 heterocycles. The second-order valence-electron chi connectivity index (χ2n) is 4.54. The van der Waals surface area contributed by atoms with Crippen LogP contribution in [0.4, 0.5) is 5.69 Å². The van der Waals surface area contributed by atoms with Crippen molar-refractivity contribution in [3.05, 3.63) is 35.4 Å². The molecule has 0 atom stereocenters. The number of imidazole rings is 1. The molecule has 106 valence electrons. The van der Waals surface area contributed by atoms with Crippen molar-refractivity contribution in [1.82, 2.24) is 19.2 Å². The minimum atomic E-state index is 0.665. The number of aromatic nitrogens is 4. The summed E-state index contributed by atoms with van der Waals surface area (Å²) >= 11 is 1.65. The molecule has 0 fully saturated rings. The van der Waals surface area contributed by atoms with Crippen LogP contribution in [-0.2, 0) is 17.8 Å². The molecule has 0 bridgehead atoms. The van der Waals surface area contributed by atoms with Crippen LogP contribution in [0.3, 0.4) is 0 Å². The van der Waals surface area contributed by atoms with Gasteiger partial charge in [0.1, 0.15) is 0 Å². The fraction of sp³-hybridized carbons (Fsp3) is 0.385. The monoisotopic (exact) mass is 291 g/mol. The van der Waals surface area contributed by atoms with Crippen LogP contribution in [0.5, 0.6) is 0 Å². The second kappa shape index (κ2) is 5.64. The molecule has 0 saturated carbocycles. The zero-order chi connectivity index (χ0) is 13.9. The van der Waals surface area contributed by atoms with Gasteiger partial charge in [-0.2, -0.15) is 5.10 Å². The van der Waals surface area contributed by atoms with Gasteiger partial charge in [-0.05, 0) is 6.92 Å². The summed E-state index contributed by atoms with van der Waals surface area (Å²) in [5.41, 5.74) is 3.26. The predicted octanol–water partition coefficient (Wildman–Crippen LogP) is 2.16. The van der Waals surface area contributed by atoms with E-state index in [0.29, 0.717) is 6.61 Å². The highest BCUT2D eigenvalue weighted by atomic mass is 32.1. The number of fused-ring (bicyclic) bond motifs is 1. The third-order valence-electron chi connectivity index (χ3n) is 3.18. The molecule has 0 spiro atoms. The maximum atomic E-state index is 5.04. The van der Waals surface area contributed by atoms with E-state index < -0.39 is 0 Å². The zero-order valence-corrected chi connectivity index (χ0v) is 12.4. The zero-order valence-electron chi connectivity index (χ0n) is 11.5. The Morgan fingerprint density at radius 2 is 2.35 bits per heavy atom. The summed E-state index contributed by atoms with van der Waals surface area (Å²) < 4.78 is 9.03. The van der Waals surface area contributed by atoms with Crippen LogP contribution >= 0.6 is 11.3 Å². The summed E-state index contributed by atoms with van der Waals surface area (Å²) in [7, 11) is 1.69. The van der Waals surface area contributed by atoms with Crippen molar-refractivity contribution in [2.45, 2.75) is 20.0 Å². The predicted molar refractivity (Wildman–Crippen MR) is 79.2 cm³/mol. The van der Waals surface area contributed by atoms with Crippen LogP contribution in [0, 0.1) is 6.92 Å². The van der Waals surface area contributed by atoms with Crippen molar-refractivity contribution in [3.63, 3.8) is 0 Å². The first-order valence-corrected chi connectivity index (χ1v) is 7.32. The molecule has 0 radical (unpaired) electrons. The number of rotatable bonds is 6. The number of ether oxygens (including phenoxy) is 1. The normalized spacial score (nSPS) is 11.3. The molecule has 6 nitrogen and oxygen atoms in total. The maximum absolute atomic E-state index is 5.04. The Hall–Kier alpha value is -1.86. The fourth-order valence-electron chi connectivity index (χ4n) is 2.10. The lowest BCUT2D eigenvalue weighted by molar-refractivity contribution is 0.183. The lowest BCUT2D eigenvalue weighted by Crippen LogP contribution is -2.05. The van der Waals surface area contributed by atoms with Crippen molar-refractivity contribution in [3.8, 4) is 0 Å². The quantitative estimate of drug-likeness (QED) is 0.756. The van der Waals surface area contributed by atoms with Crippen molar-refractivity contribution in [2.24, 2.45) is 0 Å². The molecule has 0 aromatic carbocycles. The van der Waals surface area contributed by atoms with Gasteiger partial charge in [0.15, 0.2) is 4.96 Å². The second-order valence-corrected chi connectivity index (χ2v) is 5.41. The molecule has 3 aromatic rings. The largest absolute Gasteiger partial charge is 0.383 e. The SMILES string of the molecule is COCCn1cc(NCc2c(C)nc3sccn23)cn1. The minimum absolute atomic E-state index is 0.665. The molecule has 7 heteroatoms. The van der Waals surface area contributed by atoms with Gasteiger partial charge in [-0.1, -0.05) is 0 Å². The molecular weight excluding hydrogens is 274 g/mol. The van der Waals surface area contributed by atoms with Gasteiger partial charge in [0.05, 0.1) is 43.0 Å². The topological polar surface area (TPSA) is 56.4 Å². The third kappa shape index (κ3) is 2.54. The van der Waals surface area contributed by atoms with Gasteiger partial charge in [-0.3, -0.25) is 9.08 Å². The molecular formula is C13H17N5OS. The Bertz CT molecular complexity index is 699. The smallest absolute Gasteiger partial charge is 0.194 e. The number of aryl methyl sites for hydroxylation is 1. The minimum Gasteiger partial charge on any atom is -0.383 e. The van der Waals surface area contributed by atoms with Gasteiger partial charge in [0.2, 0.25) is 0 Å². The van der Waals surface area contributed by atoms with Gasteiger partial charge >= 0.3 is 0 Å². The molecule has 0 unspecified atom stereocenters. The van der Waals surface area contributed by atoms with E-state index in [9.17, 15) is 0 Å². The Morgan fingerprint density at radius 1 is 1.45 bits per heavy atom. The highest BCUT2D eigenvalue weighted by Gasteiger charge is 2.09. The summed E-state index contributed by atoms with van der Waals surface area (Å²) in [4.78, 5) is 5.57. The lowest BCUT2D eigenvalue weighted by atomic mass is 10.3. The molecule has 0 saturated heterocycles. The number of nitrogens with zero attached hydrogens (tertiary/aromatic N) is 4. The summed E-state index contributed by atoms with van der Waals surface area (Å²) in [5.74, 6) is 0. The maximum Gasteiger partial charge on any atom is 0.194 e. The Labute approximate surface area is 121 Å². The standard InChI is InChI=1S/C13H17N5OS/c1-10-12(18-4-6-20-13(18)16-10)8-14-11-7-15-17(9-11)3-5-19-2/h4,6-7,9,14H,3,5,8H2,1-2H3. The van der Waals surface area contributed by atoms with Crippen LogP contribution in [0.15, 0.2) is 24.0 Å². The molecule has 0 aliphatic rings. The van der Waals surface area contributed by atoms with Gasteiger partial charge in [0.25, 0.3) is 0 Å². The van der Waals surface area contributed by atoms with E-state index >= 15 is 0 Å². The Balaban J connectivity index is 1.68. The Kier molecular flexibility index (Phi) is 3.70. The number of hydrogen-bond donors (Lipinski definition) is 1. The van der Waals surface area contributed by atoms with Gasteiger partial charge in [-0.15, -0.1) is 11.3 Å².